The number of nitrogens with zero attached hydrogens (tertiary/aromatic N) is 4. The standard InChI is InChI=1S/C12H17N5OS/c1-4-5-17-11(13-7-14-17)8(2)15-12(18)10-6-19-9(3)16-10/h6-8H,4-5H2,1-3H3,(H,15,18)/t8-/m1/s1. The number of aromatic nitrogens is 4. The lowest BCUT2D eigenvalue weighted by molar-refractivity contribution is 0.0933. The molecule has 0 aliphatic heterocycles. The summed E-state index contributed by atoms with van der Waals surface area (Å²) in [6.45, 7) is 6.65. The summed E-state index contributed by atoms with van der Waals surface area (Å²) in [6.07, 6.45) is 2.49. The molecule has 102 valence electrons. The Morgan fingerprint density at radius 1 is 1.58 bits per heavy atom. The summed E-state index contributed by atoms with van der Waals surface area (Å²) in [7, 11) is 0. The second kappa shape index (κ2) is 5.92. The van der Waals surface area contributed by atoms with Crippen molar-refractivity contribution < 1.29 is 4.79 Å². The van der Waals surface area contributed by atoms with Gasteiger partial charge in [0.25, 0.3) is 5.91 Å². The maximum atomic E-state index is 12.0. The van der Waals surface area contributed by atoms with Crippen LogP contribution in [-0.4, -0.2) is 25.7 Å². The van der Waals surface area contributed by atoms with Crippen molar-refractivity contribution in [3.63, 3.8) is 0 Å². The topological polar surface area (TPSA) is 72.7 Å². The van der Waals surface area contributed by atoms with Crippen LogP contribution in [0.2, 0.25) is 0 Å². The minimum absolute atomic E-state index is 0.178. The van der Waals surface area contributed by atoms with E-state index in [0.29, 0.717) is 5.69 Å². The molecule has 1 amide bonds. The van der Waals surface area contributed by atoms with Gasteiger partial charge in [-0.3, -0.25) is 4.79 Å². The molecule has 2 aromatic rings. The van der Waals surface area contributed by atoms with E-state index in [9.17, 15) is 4.79 Å². The average molecular weight is 279 g/mol. The van der Waals surface area contributed by atoms with Crippen molar-refractivity contribution in [2.45, 2.75) is 39.8 Å². The molecule has 6 nitrogen and oxygen atoms in total. The molecule has 0 aromatic carbocycles. The molecule has 0 fully saturated rings. The average Bonchev–Trinajstić information content (AvgIpc) is 2.98. The van der Waals surface area contributed by atoms with Crippen molar-refractivity contribution in [2.24, 2.45) is 0 Å². The molecule has 19 heavy (non-hydrogen) atoms. The Kier molecular flexibility index (Phi) is 4.26. The fourth-order valence-electron chi connectivity index (χ4n) is 1.80. The minimum Gasteiger partial charge on any atom is -0.341 e. The van der Waals surface area contributed by atoms with Gasteiger partial charge < -0.3 is 5.32 Å². The highest BCUT2D eigenvalue weighted by molar-refractivity contribution is 7.09. The molecule has 1 N–H and O–H groups in total. The molecule has 0 aliphatic carbocycles. The number of rotatable bonds is 5. The molecule has 0 saturated heterocycles. The third-order valence-electron chi connectivity index (χ3n) is 2.67. The van der Waals surface area contributed by atoms with Crippen LogP contribution in [0.15, 0.2) is 11.7 Å². The lowest BCUT2D eigenvalue weighted by atomic mass is 10.3. The van der Waals surface area contributed by atoms with Crippen molar-refractivity contribution in [1.82, 2.24) is 25.1 Å². The number of carbonyl (C=O) groups is 1. The Morgan fingerprint density at radius 3 is 3.00 bits per heavy atom. The van der Waals surface area contributed by atoms with Crippen LogP contribution in [0.1, 0.15) is 47.6 Å². The van der Waals surface area contributed by atoms with Crippen LogP contribution in [0.25, 0.3) is 0 Å². The Labute approximate surface area is 115 Å². The molecule has 0 spiro atoms. The zero-order chi connectivity index (χ0) is 13.8. The van der Waals surface area contributed by atoms with E-state index in [2.05, 4.69) is 27.3 Å². The monoisotopic (exact) mass is 279 g/mol. The molecule has 0 unspecified atom stereocenters. The first-order chi connectivity index (χ1) is 9.11. The highest BCUT2D eigenvalue weighted by Crippen LogP contribution is 2.12. The largest absolute Gasteiger partial charge is 0.341 e. The number of hydrogen-bond acceptors (Lipinski definition) is 5. The summed E-state index contributed by atoms with van der Waals surface area (Å²) in [5.41, 5.74) is 0.455. The molecule has 0 radical (unpaired) electrons. The predicted octanol–water partition coefficient (Wildman–Crippen LogP) is 1.94. The Bertz CT molecular complexity index is 562. The van der Waals surface area contributed by atoms with E-state index in [4.69, 9.17) is 0 Å². The van der Waals surface area contributed by atoms with Crippen molar-refractivity contribution in [3.8, 4) is 0 Å². The fourth-order valence-corrected chi connectivity index (χ4v) is 2.39. The van der Waals surface area contributed by atoms with Crippen molar-refractivity contribution in [3.05, 3.63) is 28.2 Å². The van der Waals surface area contributed by atoms with Gasteiger partial charge in [-0.2, -0.15) is 5.10 Å². The highest BCUT2D eigenvalue weighted by atomic mass is 32.1. The van der Waals surface area contributed by atoms with Gasteiger partial charge in [0.1, 0.15) is 17.8 Å². The van der Waals surface area contributed by atoms with Gasteiger partial charge in [0.15, 0.2) is 0 Å². The molecule has 0 aliphatic rings. The molecule has 2 rings (SSSR count). The summed E-state index contributed by atoms with van der Waals surface area (Å²) >= 11 is 1.46. The smallest absolute Gasteiger partial charge is 0.271 e. The van der Waals surface area contributed by atoms with Crippen molar-refractivity contribution in [1.29, 1.82) is 0 Å². The van der Waals surface area contributed by atoms with Crippen molar-refractivity contribution >= 4 is 17.2 Å². The van der Waals surface area contributed by atoms with E-state index >= 15 is 0 Å². The summed E-state index contributed by atoms with van der Waals surface area (Å²) < 4.78 is 1.82. The van der Waals surface area contributed by atoms with E-state index in [1.54, 1.807) is 5.38 Å². The summed E-state index contributed by atoms with van der Waals surface area (Å²) in [5, 5.41) is 9.68. The fraction of sp³-hybridized carbons (Fsp3) is 0.500. The number of hydrogen-bond donors (Lipinski definition) is 1. The van der Waals surface area contributed by atoms with E-state index in [1.807, 2.05) is 18.5 Å². The summed E-state index contributed by atoms with van der Waals surface area (Å²) in [6, 6.07) is -0.191. The first kappa shape index (κ1) is 13.7. The number of carbonyl (C=O) groups excluding carboxylic acids is 1. The molecule has 0 bridgehead atoms. The van der Waals surface area contributed by atoms with Crippen molar-refractivity contribution in [2.75, 3.05) is 0 Å². The second-order valence-electron chi connectivity index (χ2n) is 4.29. The van der Waals surface area contributed by atoms with Gasteiger partial charge in [0, 0.05) is 11.9 Å². The Morgan fingerprint density at radius 2 is 2.37 bits per heavy atom. The normalized spacial score (nSPS) is 12.4. The van der Waals surface area contributed by atoms with E-state index in [-0.39, 0.29) is 11.9 Å². The molecular weight excluding hydrogens is 262 g/mol. The molecular formula is C12H17N5OS. The lowest BCUT2D eigenvalue weighted by Gasteiger charge is -2.13. The van der Waals surface area contributed by atoms with Gasteiger partial charge in [-0.15, -0.1) is 11.3 Å². The quantitative estimate of drug-likeness (QED) is 0.908. The zero-order valence-electron chi connectivity index (χ0n) is 11.3. The molecule has 7 heteroatoms. The molecule has 2 heterocycles. The van der Waals surface area contributed by atoms with E-state index in [0.717, 1.165) is 23.8 Å². The highest BCUT2D eigenvalue weighted by Gasteiger charge is 2.17. The Balaban J connectivity index is 2.06. The van der Waals surface area contributed by atoms with Gasteiger partial charge in [-0.1, -0.05) is 6.92 Å². The van der Waals surface area contributed by atoms with Crippen LogP contribution in [0.3, 0.4) is 0 Å². The summed E-state index contributed by atoms with van der Waals surface area (Å²) in [4.78, 5) is 20.4. The van der Waals surface area contributed by atoms with Crippen LogP contribution in [0.4, 0.5) is 0 Å². The van der Waals surface area contributed by atoms with Gasteiger partial charge in [-0.25, -0.2) is 14.6 Å². The second-order valence-corrected chi connectivity index (χ2v) is 5.35. The number of nitrogens with one attached hydrogen (secondary N) is 1. The zero-order valence-corrected chi connectivity index (χ0v) is 12.1. The number of thiazole rings is 1. The third kappa shape index (κ3) is 3.17. The predicted molar refractivity (Wildman–Crippen MR) is 73.0 cm³/mol. The maximum Gasteiger partial charge on any atom is 0.271 e. The first-order valence-electron chi connectivity index (χ1n) is 6.22. The third-order valence-corrected chi connectivity index (χ3v) is 3.44. The lowest BCUT2D eigenvalue weighted by Crippen LogP contribution is -2.29. The van der Waals surface area contributed by atoms with Gasteiger partial charge in [0.05, 0.1) is 11.0 Å². The molecule has 2 aromatic heterocycles. The van der Waals surface area contributed by atoms with Crippen LogP contribution in [-0.2, 0) is 6.54 Å². The first-order valence-corrected chi connectivity index (χ1v) is 7.10. The SMILES string of the molecule is CCCn1ncnc1[C@@H](C)NC(=O)c1csc(C)n1. The van der Waals surface area contributed by atoms with Crippen LogP contribution in [0, 0.1) is 6.92 Å². The van der Waals surface area contributed by atoms with Crippen LogP contribution in [0.5, 0.6) is 0 Å². The van der Waals surface area contributed by atoms with E-state index < -0.39 is 0 Å². The van der Waals surface area contributed by atoms with Gasteiger partial charge in [0.2, 0.25) is 0 Å². The van der Waals surface area contributed by atoms with Crippen LogP contribution >= 0.6 is 11.3 Å². The molecule has 0 saturated carbocycles. The number of aryl methyl sites for hydroxylation is 2. The van der Waals surface area contributed by atoms with Gasteiger partial charge in [-0.05, 0) is 20.3 Å². The molecule has 1 atom stereocenters. The Hall–Kier alpha value is -1.76. The number of amides is 1. The maximum absolute atomic E-state index is 12.0. The minimum atomic E-state index is -0.191. The summed E-state index contributed by atoms with van der Waals surface area (Å²) in [5.74, 6) is 0.588. The van der Waals surface area contributed by atoms with Crippen LogP contribution < -0.4 is 5.32 Å². The van der Waals surface area contributed by atoms with Gasteiger partial charge >= 0.3 is 0 Å². The van der Waals surface area contributed by atoms with E-state index in [1.165, 1.54) is 17.7 Å².